The molecule has 1 aromatic carbocycles. The van der Waals surface area contributed by atoms with Crippen LogP contribution in [-0.4, -0.2) is 41.5 Å². The monoisotopic (exact) mass is 418 g/mol. The van der Waals surface area contributed by atoms with E-state index in [4.69, 9.17) is 18.6 Å². The van der Waals surface area contributed by atoms with Crippen molar-refractivity contribution in [2.24, 2.45) is 0 Å². The zero-order valence-corrected chi connectivity index (χ0v) is 17.5. The molecule has 29 heavy (non-hydrogen) atoms. The predicted molar refractivity (Wildman–Crippen MR) is 108 cm³/mol. The van der Waals surface area contributed by atoms with Crippen molar-refractivity contribution in [1.82, 2.24) is 20.2 Å². The van der Waals surface area contributed by atoms with Gasteiger partial charge in [-0.25, -0.2) is 4.98 Å². The highest BCUT2D eigenvalue weighted by molar-refractivity contribution is 7.98. The average molecular weight is 418 g/mol. The first kappa shape index (κ1) is 20.7. The molecule has 3 rings (SSSR count). The molecule has 0 aliphatic carbocycles. The molecule has 1 N–H and O–H groups in total. The van der Waals surface area contributed by atoms with Gasteiger partial charge in [0.2, 0.25) is 17.5 Å². The third kappa shape index (κ3) is 4.89. The molecule has 0 saturated carbocycles. The summed E-state index contributed by atoms with van der Waals surface area (Å²) in [7, 11) is 4.62. The van der Waals surface area contributed by atoms with E-state index >= 15 is 0 Å². The van der Waals surface area contributed by atoms with Crippen LogP contribution in [0.15, 0.2) is 32.6 Å². The smallest absolute Gasteiger partial charge is 0.251 e. The molecule has 0 bridgehead atoms. The summed E-state index contributed by atoms with van der Waals surface area (Å²) in [4.78, 5) is 18.9. The van der Waals surface area contributed by atoms with E-state index in [9.17, 15) is 4.79 Å². The quantitative estimate of drug-likeness (QED) is 0.414. The van der Waals surface area contributed by atoms with Crippen molar-refractivity contribution in [1.29, 1.82) is 0 Å². The molecule has 0 spiro atoms. The Kier molecular flexibility index (Phi) is 6.76. The van der Waals surface area contributed by atoms with E-state index in [1.165, 1.54) is 39.2 Å². The van der Waals surface area contributed by atoms with Crippen LogP contribution in [0.5, 0.6) is 17.2 Å². The summed E-state index contributed by atoms with van der Waals surface area (Å²) in [6.45, 7) is 2.04. The molecule has 0 unspecified atom stereocenters. The first-order valence-corrected chi connectivity index (χ1v) is 9.92. The van der Waals surface area contributed by atoms with Crippen molar-refractivity contribution in [3.05, 3.63) is 40.1 Å². The molecule has 10 heteroatoms. The Hall–Kier alpha value is -3.01. The number of aromatic nitrogens is 4. The average Bonchev–Trinajstić information content (AvgIpc) is 3.20. The Labute approximate surface area is 171 Å². The van der Waals surface area contributed by atoms with Gasteiger partial charge in [0.05, 0.1) is 27.1 Å². The van der Waals surface area contributed by atoms with Crippen molar-refractivity contribution >= 4 is 11.8 Å². The largest absolute Gasteiger partial charge is 0.493 e. The summed E-state index contributed by atoms with van der Waals surface area (Å²) < 4.78 is 21.8. The lowest BCUT2D eigenvalue weighted by molar-refractivity contribution is 0.324. The highest BCUT2D eigenvalue weighted by Crippen LogP contribution is 2.41. The fourth-order valence-corrected chi connectivity index (χ4v) is 3.43. The van der Waals surface area contributed by atoms with Gasteiger partial charge in [-0.15, -0.1) is 10.2 Å². The van der Waals surface area contributed by atoms with Crippen LogP contribution in [0.4, 0.5) is 0 Å². The number of nitrogens with one attached hydrogen (secondary N) is 1. The molecule has 0 saturated heterocycles. The number of hydrogen-bond donors (Lipinski definition) is 1. The van der Waals surface area contributed by atoms with Crippen LogP contribution >= 0.6 is 11.8 Å². The lowest BCUT2D eigenvalue weighted by Gasteiger charge is -2.12. The minimum absolute atomic E-state index is 0.172. The highest BCUT2D eigenvalue weighted by atomic mass is 32.2. The summed E-state index contributed by atoms with van der Waals surface area (Å²) in [5.74, 6) is 2.56. The van der Waals surface area contributed by atoms with Crippen molar-refractivity contribution in [2.45, 2.75) is 30.7 Å². The second-order valence-electron chi connectivity index (χ2n) is 6.00. The van der Waals surface area contributed by atoms with Gasteiger partial charge in [-0.3, -0.25) is 4.79 Å². The zero-order chi connectivity index (χ0) is 20.8. The number of methoxy groups -OCH3 is 3. The van der Waals surface area contributed by atoms with Crippen molar-refractivity contribution < 1.29 is 18.6 Å². The van der Waals surface area contributed by atoms with Crippen LogP contribution < -0.4 is 19.8 Å². The van der Waals surface area contributed by atoms with Crippen LogP contribution in [0.3, 0.4) is 0 Å². The van der Waals surface area contributed by atoms with E-state index in [2.05, 4.69) is 20.2 Å². The third-order valence-electron chi connectivity index (χ3n) is 3.99. The molecule has 0 aliphatic heterocycles. The van der Waals surface area contributed by atoms with Crippen molar-refractivity contribution in [3.8, 4) is 28.7 Å². The molecule has 2 aromatic heterocycles. The summed E-state index contributed by atoms with van der Waals surface area (Å²) in [6.07, 6.45) is 1.67. The van der Waals surface area contributed by atoms with E-state index < -0.39 is 0 Å². The summed E-state index contributed by atoms with van der Waals surface area (Å²) in [5.41, 5.74) is 1.23. The van der Waals surface area contributed by atoms with E-state index in [-0.39, 0.29) is 5.56 Å². The molecule has 154 valence electrons. The maximum Gasteiger partial charge on any atom is 0.251 e. The van der Waals surface area contributed by atoms with Crippen molar-refractivity contribution in [2.75, 3.05) is 21.3 Å². The number of aryl methyl sites for hydroxylation is 1. The molecular weight excluding hydrogens is 396 g/mol. The first-order valence-electron chi connectivity index (χ1n) is 8.93. The molecule has 3 aromatic rings. The zero-order valence-electron chi connectivity index (χ0n) is 16.6. The van der Waals surface area contributed by atoms with E-state index in [1.807, 2.05) is 6.92 Å². The molecule has 0 fully saturated rings. The fraction of sp³-hybridized carbons (Fsp3) is 0.368. The second kappa shape index (κ2) is 9.46. The van der Waals surface area contributed by atoms with Crippen LogP contribution in [0.25, 0.3) is 11.5 Å². The van der Waals surface area contributed by atoms with Crippen LogP contribution in [-0.2, 0) is 12.2 Å². The van der Waals surface area contributed by atoms with Gasteiger partial charge in [0.15, 0.2) is 16.7 Å². The lowest BCUT2D eigenvalue weighted by atomic mass is 10.2. The standard InChI is InChI=1S/C19H22N4O5S/c1-5-6-12-9-15(24)21-19(20-12)29-10-16-22-23-18(28-16)11-7-13(25-2)17(27-4)14(8-11)26-3/h7-9H,5-6,10H2,1-4H3,(H,20,21,24). The Balaban J connectivity index is 1.79. The molecule has 9 nitrogen and oxygen atoms in total. The molecule has 0 atom stereocenters. The number of ether oxygens (including phenoxy) is 3. The summed E-state index contributed by atoms with van der Waals surface area (Å²) in [5, 5.41) is 8.69. The normalized spacial score (nSPS) is 10.8. The number of H-pyrrole nitrogens is 1. The van der Waals surface area contributed by atoms with Gasteiger partial charge in [0.25, 0.3) is 5.56 Å². The van der Waals surface area contributed by atoms with Gasteiger partial charge in [-0.2, -0.15) is 0 Å². The first-order chi connectivity index (χ1) is 14.1. The minimum Gasteiger partial charge on any atom is -0.493 e. The highest BCUT2D eigenvalue weighted by Gasteiger charge is 2.17. The SMILES string of the molecule is CCCc1cc(=O)[nH]c(SCc2nnc(-c3cc(OC)c(OC)c(OC)c3)o2)n1. The van der Waals surface area contributed by atoms with Gasteiger partial charge in [-0.05, 0) is 18.6 Å². The number of rotatable bonds is 9. The Morgan fingerprint density at radius 3 is 2.41 bits per heavy atom. The van der Waals surface area contributed by atoms with Gasteiger partial charge < -0.3 is 23.6 Å². The molecule has 0 aliphatic rings. The number of nitrogens with zero attached hydrogens (tertiary/aromatic N) is 3. The van der Waals surface area contributed by atoms with Crippen LogP contribution in [0, 0.1) is 0 Å². The number of thioether (sulfide) groups is 1. The van der Waals surface area contributed by atoms with E-state index in [0.29, 0.717) is 45.5 Å². The maximum atomic E-state index is 11.8. The molecule has 0 radical (unpaired) electrons. The number of aromatic amines is 1. The topological polar surface area (TPSA) is 112 Å². The molecule has 2 heterocycles. The maximum absolute atomic E-state index is 11.8. The van der Waals surface area contributed by atoms with Crippen LogP contribution in [0.2, 0.25) is 0 Å². The summed E-state index contributed by atoms with van der Waals surface area (Å²) in [6, 6.07) is 4.99. The van der Waals surface area contributed by atoms with Gasteiger partial charge in [0.1, 0.15) is 0 Å². The number of benzene rings is 1. The van der Waals surface area contributed by atoms with Crippen LogP contribution in [0.1, 0.15) is 24.9 Å². The summed E-state index contributed by atoms with van der Waals surface area (Å²) >= 11 is 1.33. The van der Waals surface area contributed by atoms with Gasteiger partial charge in [0, 0.05) is 17.3 Å². The van der Waals surface area contributed by atoms with Gasteiger partial charge >= 0.3 is 0 Å². The second-order valence-corrected chi connectivity index (χ2v) is 6.96. The molecule has 0 amide bonds. The van der Waals surface area contributed by atoms with E-state index in [1.54, 1.807) is 12.1 Å². The fourth-order valence-electron chi connectivity index (χ4n) is 2.70. The van der Waals surface area contributed by atoms with Crippen molar-refractivity contribution in [3.63, 3.8) is 0 Å². The Bertz CT molecular complexity index is 1010. The lowest BCUT2D eigenvalue weighted by Crippen LogP contribution is -2.09. The third-order valence-corrected chi connectivity index (χ3v) is 4.85. The Morgan fingerprint density at radius 1 is 1.07 bits per heavy atom. The van der Waals surface area contributed by atoms with E-state index in [0.717, 1.165) is 18.5 Å². The number of hydrogen-bond acceptors (Lipinski definition) is 9. The minimum atomic E-state index is -0.172. The van der Waals surface area contributed by atoms with Gasteiger partial charge in [-0.1, -0.05) is 25.1 Å². The Morgan fingerprint density at radius 2 is 1.79 bits per heavy atom. The molecular formula is C19H22N4O5S. The predicted octanol–water partition coefficient (Wildman–Crippen LogP) is 3.09.